The lowest BCUT2D eigenvalue weighted by molar-refractivity contribution is -0.234. The number of alkyl halides is 2. The van der Waals surface area contributed by atoms with Gasteiger partial charge in [-0.2, -0.15) is 0 Å². The molecule has 8 rings (SSSR count). The molecule has 1 heterocycles. The Hall–Kier alpha value is -6.90. The van der Waals surface area contributed by atoms with Gasteiger partial charge in [-0.15, -0.1) is 5.92 Å². The third kappa shape index (κ3) is 15.7. The molecule has 22 heteroatoms. The van der Waals surface area contributed by atoms with E-state index in [0.29, 0.717) is 68.3 Å². The molecule has 2 aromatic carbocycles. The fourth-order valence-electron chi connectivity index (χ4n) is 14.5. The Labute approximate surface area is 525 Å². The number of aliphatic hydroxyl groups excluding tert-OH is 1. The summed E-state index contributed by atoms with van der Waals surface area (Å²) in [7, 11) is 0. The van der Waals surface area contributed by atoms with E-state index in [1.54, 1.807) is 69.3 Å². The van der Waals surface area contributed by atoms with Crippen LogP contribution in [0.4, 0.5) is 29.7 Å². The van der Waals surface area contributed by atoms with Crippen LogP contribution in [0.25, 0.3) is 0 Å². The second-order valence-electron chi connectivity index (χ2n) is 25.9. The number of rotatable bonds is 30. The van der Waals surface area contributed by atoms with Crippen LogP contribution in [-0.2, 0) is 54.3 Å². The molecule has 0 aromatic heterocycles. The zero-order chi connectivity index (χ0) is 65.0. The number of allylic oxidation sites excluding steroid dienone is 4. The molecule has 20 nitrogen and oxygen atoms in total. The number of amides is 5. The standard InChI is InChI=1S/C68H90F2N6O14/c1-6-16-59-89-58-36-50-51-35-53(69)52-34-46(77)30-31-65(52,4)67(51,70)56(80)37-66(50,5)68(58,90-59)57(81)40-87-49-28-26-45(27-29-49)75-64(85)88-38-42-22-24-44(25-23-42)74-61(82)43(17-15-32-73-63(72)84)33-55(79)60(41(2)3)76-62(83)54(71)21-14-10-11-18-47(78)39-86-48-19-12-8-7-9-13-20-48/h22-31,34,41,43,48,50-51,53-54,56,58-60,80H,6-12,14-19,21,32-33,35-40,71H2,1-5H3,(H,74,82)(H,75,85)(H,76,83)(H3,72,73,84)/t43-,48?,50+,51+,53+,54+,56+,58-,59?,60+,65+,66+,67+,68-/m1/s1. The number of carbonyl (C=O) groups excluding carboxylic acids is 8. The molecule has 0 bridgehead atoms. The SMILES string of the molecule is CCCC1O[C@@H]2C[C@H]3[C@@H]4C[C@H](F)C5=CC(=O)C=C[C@]5(C)[C@@]4(F)[C@@H](O)C[C@]3(C)[C@]2(C(=O)COc2ccc(NC(=O)OCc3ccc(NC(=O)[C@H](CCCNC(N)=O)CC(=O)[C@@H](NC(=O)[C@@H](N)CCCCCC(=O)COC4C#CCCCCC4)C(C)C)cc3)cc2)O1. The van der Waals surface area contributed by atoms with Crippen molar-refractivity contribution in [1.82, 2.24) is 10.6 Å². The predicted molar refractivity (Wildman–Crippen MR) is 331 cm³/mol. The summed E-state index contributed by atoms with van der Waals surface area (Å²) in [5.41, 5.74) is 6.10. The summed E-state index contributed by atoms with van der Waals surface area (Å²) in [4.78, 5) is 105. The number of nitrogens with one attached hydrogen (secondary N) is 4. The number of aliphatic hydroxyl groups is 1. The fraction of sp³-hybridized carbons (Fsp3) is 0.618. The van der Waals surface area contributed by atoms with Gasteiger partial charge in [0.05, 0.1) is 24.3 Å². The smallest absolute Gasteiger partial charge is 0.411 e. The highest BCUT2D eigenvalue weighted by Gasteiger charge is 2.80. The minimum Gasteiger partial charge on any atom is -0.486 e. The number of urea groups is 1. The van der Waals surface area contributed by atoms with Gasteiger partial charge in [-0.25, -0.2) is 18.4 Å². The Morgan fingerprint density at radius 1 is 0.889 bits per heavy atom. The molecule has 1 aliphatic heterocycles. The fourth-order valence-corrected chi connectivity index (χ4v) is 14.5. The quantitative estimate of drug-likeness (QED) is 0.0284. The van der Waals surface area contributed by atoms with Crippen molar-refractivity contribution in [3.63, 3.8) is 0 Å². The Morgan fingerprint density at radius 3 is 2.34 bits per heavy atom. The third-order valence-electron chi connectivity index (χ3n) is 19.4. The summed E-state index contributed by atoms with van der Waals surface area (Å²) in [6, 6.07) is 10.2. The maximum atomic E-state index is 17.9. The molecule has 4 fully saturated rings. The highest BCUT2D eigenvalue weighted by molar-refractivity contribution is 6.01. The Balaban J connectivity index is 0.794. The number of benzene rings is 2. The van der Waals surface area contributed by atoms with Gasteiger partial charge in [0.25, 0.3) is 0 Å². The maximum absolute atomic E-state index is 17.9. The highest BCUT2D eigenvalue weighted by atomic mass is 19.1. The molecule has 2 unspecified atom stereocenters. The van der Waals surface area contributed by atoms with E-state index in [1.165, 1.54) is 19.1 Å². The van der Waals surface area contributed by atoms with E-state index >= 15 is 8.78 Å². The molecule has 1 saturated heterocycles. The van der Waals surface area contributed by atoms with E-state index in [-0.39, 0.29) is 86.8 Å². The maximum Gasteiger partial charge on any atom is 0.411 e. The number of Topliss-reactive ketones (excluding diaryl/α,β-unsaturated/α-hetero) is 3. The average molecular weight is 1250 g/mol. The highest BCUT2D eigenvalue weighted by Crippen LogP contribution is 2.72. The Morgan fingerprint density at radius 2 is 1.62 bits per heavy atom. The van der Waals surface area contributed by atoms with Crippen molar-refractivity contribution in [3.8, 4) is 17.6 Å². The first-order valence-corrected chi connectivity index (χ1v) is 32.0. The predicted octanol–water partition coefficient (Wildman–Crippen LogP) is 8.90. The monoisotopic (exact) mass is 1250 g/mol. The van der Waals surface area contributed by atoms with Gasteiger partial charge in [0.1, 0.15) is 37.8 Å². The van der Waals surface area contributed by atoms with Crippen molar-refractivity contribution in [2.45, 2.75) is 211 Å². The zero-order valence-electron chi connectivity index (χ0n) is 52.4. The molecule has 3 saturated carbocycles. The summed E-state index contributed by atoms with van der Waals surface area (Å²) >= 11 is 0. The molecule has 90 heavy (non-hydrogen) atoms. The van der Waals surface area contributed by atoms with Crippen LogP contribution in [0.3, 0.4) is 0 Å². The summed E-state index contributed by atoms with van der Waals surface area (Å²) in [6.07, 6.45) is 6.60. The first kappa shape index (κ1) is 69.0. The van der Waals surface area contributed by atoms with E-state index in [4.69, 9.17) is 35.2 Å². The lowest BCUT2D eigenvalue weighted by Gasteiger charge is -2.63. The average Bonchev–Trinajstić information content (AvgIpc) is 1.39. The molecule has 6 aliphatic rings. The van der Waals surface area contributed by atoms with Gasteiger partial charge in [-0.1, -0.05) is 77.5 Å². The van der Waals surface area contributed by atoms with Crippen molar-refractivity contribution >= 4 is 58.4 Å². The molecule has 0 radical (unpaired) electrons. The van der Waals surface area contributed by atoms with Crippen LogP contribution in [0.15, 0.2) is 72.3 Å². The van der Waals surface area contributed by atoms with Crippen molar-refractivity contribution in [2.24, 2.45) is 46.0 Å². The number of fused-ring (bicyclic) bond motifs is 7. The lowest BCUT2D eigenvalue weighted by atomic mass is 9.44. The van der Waals surface area contributed by atoms with Crippen molar-refractivity contribution in [2.75, 3.05) is 30.4 Å². The van der Waals surface area contributed by atoms with Crippen molar-refractivity contribution in [3.05, 3.63) is 77.9 Å². The van der Waals surface area contributed by atoms with Gasteiger partial charge in [0.15, 0.2) is 34.9 Å². The number of carbonyl (C=O) groups is 8. The molecule has 14 atom stereocenters. The van der Waals surface area contributed by atoms with Crippen LogP contribution in [0, 0.1) is 46.3 Å². The summed E-state index contributed by atoms with van der Waals surface area (Å²) in [5, 5.41) is 22.8. The van der Waals surface area contributed by atoms with Gasteiger partial charge < -0.3 is 56.2 Å². The number of primary amides is 1. The van der Waals surface area contributed by atoms with Gasteiger partial charge >= 0.3 is 12.1 Å². The first-order chi connectivity index (χ1) is 42.9. The molecule has 9 N–H and O–H groups in total. The molecular formula is C68H90F2N6O14. The normalized spacial score (nSPS) is 29.2. The third-order valence-corrected chi connectivity index (χ3v) is 19.4. The van der Waals surface area contributed by atoms with Gasteiger partial charge in [-0.05, 0) is 149 Å². The van der Waals surface area contributed by atoms with E-state index < -0.39 is 119 Å². The van der Waals surface area contributed by atoms with Crippen molar-refractivity contribution < 1.29 is 75.9 Å². The Kier molecular flexibility index (Phi) is 23.4. The molecule has 490 valence electrons. The minimum atomic E-state index is -2.34. The van der Waals surface area contributed by atoms with Crippen LogP contribution in [0.1, 0.15) is 156 Å². The number of ether oxygens (including phenoxy) is 5. The van der Waals surface area contributed by atoms with E-state index in [2.05, 4.69) is 33.1 Å². The van der Waals surface area contributed by atoms with E-state index in [9.17, 15) is 43.5 Å². The zero-order valence-corrected chi connectivity index (χ0v) is 52.4. The molecular weight excluding hydrogens is 1160 g/mol. The van der Waals surface area contributed by atoms with Gasteiger partial charge in [0.2, 0.25) is 17.6 Å². The van der Waals surface area contributed by atoms with Crippen LogP contribution in [0.5, 0.6) is 5.75 Å². The van der Waals surface area contributed by atoms with Gasteiger partial charge in [0, 0.05) is 59.8 Å². The minimum absolute atomic E-state index is 0.00385. The topological polar surface area (TPSA) is 303 Å². The first-order valence-electron chi connectivity index (χ1n) is 32.0. The number of hydrogen-bond donors (Lipinski definition) is 7. The summed E-state index contributed by atoms with van der Waals surface area (Å²) < 4.78 is 64.4. The summed E-state index contributed by atoms with van der Waals surface area (Å²) in [5.74, 6) is 1.40. The number of halogens is 2. The molecule has 5 aliphatic carbocycles. The second kappa shape index (κ2) is 30.5. The number of ketones is 4. The molecule has 5 amide bonds. The summed E-state index contributed by atoms with van der Waals surface area (Å²) in [6.45, 7) is 8.42. The lowest BCUT2D eigenvalue weighted by Crippen LogP contribution is -2.71. The Bertz CT molecular complexity index is 3060. The number of hydrogen-bond acceptors (Lipinski definition) is 15. The van der Waals surface area contributed by atoms with Crippen LogP contribution < -0.4 is 37.5 Å². The number of unbranched alkanes of at least 4 members (excludes halogenated alkanes) is 2. The van der Waals surface area contributed by atoms with Crippen LogP contribution in [0.2, 0.25) is 0 Å². The van der Waals surface area contributed by atoms with E-state index in [1.807, 2.05) is 6.92 Å². The van der Waals surface area contributed by atoms with Crippen molar-refractivity contribution in [1.29, 1.82) is 0 Å². The largest absolute Gasteiger partial charge is 0.486 e. The van der Waals surface area contributed by atoms with Crippen LogP contribution in [-0.4, -0.2) is 126 Å². The molecule has 0 spiro atoms. The molecule has 2 aromatic rings. The van der Waals surface area contributed by atoms with E-state index in [0.717, 1.165) is 38.2 Å². The van der Waals surface area contributed by atoms with Crippen LogP contribution >= 0.6 is 0 Å². The number of nitrogens with two attached hydrogens (primary N) is 2. The second-order valence-corrected chi connectivity index (χ2v) is 25.9. The van der Waals surface area contributed by atoms with Gasteiger partial charge in [-0.3, -0.25) is 34.1 Å². The number of anilines is 2.